The third-order valence-corrected chi connectivity index (χ3v) is 6.51. The number of hydrogen-bond donors (Lipinski definition) is 1. The summed E-state index contributed by atoms with van der Waals surface area (Å²) in [5.74, 6) is 0.504. The number of carbonyl (C=O) groups excluding carboxylic acids is 1. The summed E-state index contributed by atoms with van der Waals surface area (Å²) in [6, 6.07) is 23.6. The lowest BCUT2D eigenvalue weighted by atomic mass is 10.1. The molecule has 0 radical (unpaired) electrons. The van der Waals surface area contributed by atoms with Gasteiger partial charge in [0.1, 0.15) is 5.82 Å². The number of para-hydroxylation sites is 2. The predicted octanol–water partition coefficient (Wildman–Crippen LogP) is 5.60. The van der Waals surface area contributed by atoms with E-state index in [-0.39, 0.29) is 11.6 Å². The van der Waals surface area contributed by atoms with Crippen molar-refractivity contribution in [1.29, 1.82) is 0 Å². The maximum atomic E-state index is 13.6. The van der Waals surface area contributed by atoms with Crippen LogP contribution in [-0.2, 0) is 17.8 Å². The van der Waals surface area contributed by atoms with E-state index in [0.29, 0.717) is 42.1 Å². The molecule has 0 aliphatic carbocycles. The van der Waals surface area contributed by atoms with Gasteiger partial charge in [-0.2, -0.15) is 0 Å². The molecular weight excluding hydrogens is 508 g/mol. The number of fused-ring (bicyclic) bond motifs is 1. The van der Waals surface area contributed by atoms with Gasteiger partial charge < -0.3 is 15.0 Å². The van der Waals surface area contributed by atoms with Crippen LogP contribution in [-0.4, -0.2) is 34.2 Å². The molecule has 0 saturated carbocycles. The van der Waals surface area contributed by atoms with Crippen molar-refractivity contribution in [2.24, 2.45) is 0 Å². The average molecular weight is 535 g/mol. The Morgan fingerprint density at radius 3 is 2.49 bits per heavy atom. The maximum Gasteiger partial charge on any atom is 0.322 e. The molecule has 8 heteroatoms. The Labute approximate surface area is 212 Å². The minimum Gasteiger partial charge on any atom is -0.383 e. The van der Waals surface area contributed by atoms with Gasteiger partial charge in [-0.3, -0.25) is 9.36 Å². The van der Waals surface area contributed by atoms with E-state index in [4.69, 9.17) is 9.72 Å². The summed E-state index contributed by atoms with van der Waals surface area (Å²) >= 11 is 3.49. The summed E-state index contributed by atoms with van der Waals surface area (Å²) in [6.45, 7) is 2.91. The zero-order chi connectivity index (χ0) is 24.8. The second-order valence-corrected chi connectivity index (χ2v) is 8.99. The Hall–Kier alpha value is -3.49. The minimum atomic E-state index is -0.508. The summed E-state index contributed by atoms with van der Waals surface area (Å²) in [5.41, 5.74) is 2.07. The molecule has 0 bridgehead atoms. The number of halogens is 1. The summed E-state index contributed by atoms with van der Waals surface area (Å²) in [4.78, 5) is 33.5. The smallest absolute Gasteiger partial charge is 0.322 e. The van der Waals surface area contributed by atoms with Crippen LogP contribution in [0.2, 0.25) is 0 Å². The molecular formula is C27H27BrN4O3. The SMILES string of the molecule is COCCn1c(C(C)N(Cc2ccccc2)C(=O)Nc2ccccc2Br)nc2ccccc2c1=O. The zero-order valence-electron chi connectivity index (χ0n) is 19.6. The van der Waals surface area contributed by atoms with E-state index in [1.165, 1.54) is 0 Å². The lowest BCUT2D eigenvalue weighted by Crippen LogP contribution is -2.40. The van der Waals surface area contributed by atoms with Crippen molar-refractivity contribution < 1.29 is 9.53 Å². The van der Waals surface area contributed by atoms with Gasteiger partial charge in [-0.05, 0) is 52.7 Å². The number of amides is 2. The molecule has 0 aliphatic heterocycles. The van der Waals surface area contributed by atoms with Crippen LogP contribution in [0.15, 0.2) is 88.1 Å². The van der Waals surface area contributed by atoms with E-state index in [9.17, 15) is 9.59 Å². The predicted molar refractivity (Wildman–Crippen MR) is 141 cm³/mol. The number of methoxy groups -OCH3 is 1. The van der Waals surface area contributed by atoms with Gasteiger partial charge >= 0.3 is 6.03 Å². The molecule has 1 atom stereocenters. The summed E-state index contributed by atoms with van der Waals surface area (Å²) < 4.78 is 7.65. The third-order valence-electron chi connectivity index (χ3n) is 5.82. The van der Waals surface area contributed by atoms with Crippen LogP contribution >= 0.6 is 15.9 Å². The highest BCUT2D eigenvalue weighted by atomic mass is 79.9. The van der Waals surface area contributed by atoms with Crippen LogP contribution in [0, 0.1) is 0 Å². The largest absolute Gasteiger partial charge is 0.383 e. The molecule has 4 aromatic rings. The number of urea groups is 1. The monoisotopic (exact) mass is 534 g/mol. The van der Waals surface area contributed by atoms with Gasteiger partial charge in [0.15, 0.2) is 0 Å². The fourth-order valence-corrected chi connectivity index (χ4v) is 4.34. The van der Waals surface area contributed by atoms with E-state index < -0.39 is 6.04 Å². The average Bonchev–Trinajstić information content (AvgIpc) is 2.88. The molecule has 35 heavy (non-hydrogen) atoms. The number of nitrogens with one attached hydrogen (secondary N) is 1. The topological polar surface area (TPSA) is 76.5 Å². The van der Waals surface area contributed by atoms with Crippen LogP contribution in [0.25, 0.3) is 10.9 Å². The van der Waals surface area contributed by atoms with Crippen molar-refractivity contribution in [3.05, 3.63) is 105 Å². The molecule has 180 valence electrons. The summed E-state index contributed by atoms with van der Waals surface area (Å²) in [5, 5.41) is 3.53. The Kier molecular flexibility index (Phi) is 7.94. The van der Waals surface area contributed by atoms with Gasteiger partial charge in [-0.25, -0.2) is 9.78 Å². The molecule has 1 heterocycles. The molecule has 1 unspecified atom stereocenters. The van der Waals surface area contributed by atoms with Gasteiger partial charge in [0.2, 0.25) is 0 Å². The van der Waals surface area contributed by atoms with Crippen molar-refractivity contribution in [3.8, 4) is 0 Å². The van der Waals surface area contributed by atoms with Crippen molar-refractivity contribution in [2.75, 3.05) is 19.0 Å². The van der Waals surface area contributed by atoms with Crippen molar-refractivity contribution in [2.45, 2.75) is 26.1 Å². The molecule has 7 nitrogen and oxygen atoms in total. The van der Waals surface area contributed by atoms with Gasteiger partial charge in [-0.15, -0.1) is 0 Å². The quantitative estimate of drug-likeness (QED) is 0.319. The van der Waals surface area contributed by atoms with Crippen LogP contribution in [0.3, 0.4) is 0 Å². The maximum absolute atomic E-state index is 13.6. The van der Waals surface area contributed by atoms with E-state index >= 15 is 0 Å². The van der Waals surface area contributed by atoms with Gasteiger partial charge in [0, 0.05) is 18.1 Å². The van der Waals surface area contributed by atoms with Gasteiger partial charge in [0.25, 0.3) is 5.56 Å². The Balaban J connectivity index is 1.78. The standard InChI is InChI=1S/C27H27BrN4O3/c1-19(25-29-23-14-8-6-12-21(23)26(33)31(25)16-17-35-2)32(18-20-10-4-3-5-11-20)27(34)30-24-15-9-7-13-22(24)28/h3-15,19H,16-18H2,1-2H3,(H,30,34). The number of carbonyl (C=O) groups is 1. The lowest BCUT2D eigenvalue weighted by Gasteiger charge is -2.31. The number of benzene rings is 3. The zero-order valence-corrected chi connectivity index (χ0v) is 21.2. The number of aromatic nitrogens is 2. The highest BCUT2D eigenvalue weighted by Crippen LogP contribution is 2.26. The van der Waals surface area contributed by atoms with Crippen LogP contribution < -0.4 is 10.9 Å². The first-order valence-electron chi connectivity index (χ1n) is 11.3. The molecule has 0 spiro atoms. The molecule has 1 aromatic heterocycles. The molecule has 3 aromatic carbocycles. The van der Waals surface area contributed by atoms with E-state index in [0.717, 1.165) is 10.0 Å². The van der Waals surface area contributed by atoms with E-state index in [1.54, 1.807) is 22.6 Å². The second kappa shape index (κ2) is 11.3. The van der Waals surface area contributed by atoms with E-state index in [2.05, 4.69) is 21.2 Å². The Morgan fingerprint density at radius 1 is 1.06 bits per heavy atom. The van der Waals surface area contributed by atoms with Crippen LogP contribution in [0.1, 0.15) is 24.4 Å². The molecule has 4 rings (SSSR count). The van der Waals surface area contributed by atoms with Crippen molar-refractivity contribution in [1.82, 2.24) is 14.5 Å². The molecule has 0 fully saturated rings. The highest BCUT2D eigenvalue weighted by Gasteiger charge is 2.27. The highest BCUT2D eigenvalue weighted by molar-refractivity contribution is 9.10. The third kappa shape index (κ3) is 5.61. The van der Waals surface area contributed by atoms with Crippen LogP contribution in [0.4, 0.5) is 10.5 Å². The Bertz CT molecular complexity index is 1370. The van der Waals surface area contributed by atoms with Gasteiger partial charge in [0.05, 0.1) is 35.8 Å². The number of ether oxygens (including phenoxy) is 1. The first-order valence-corrected chi connectivity index (χ1v) is 12.1. The first kappa shape index (κ1) is 24.6. The van der Waals surface area contributed by atoms with Crippen molar-refractivity contribution >= 4 is 38.6 Å². The molecule has 0 saturated heterocycles. The second-order valence-electron chi connectivity index (χ2n) is 8.14. The first-order chi connectivity index (χ1) is 17.0. The lowest BCUT2D eigenvalue weighted by molar-refractivity contribution is 0.172. The molecule has 2 amide bonds. The number of anilines is 1. The normalized spacial score (nSPS) is 11.9. The van der Waals surface area contributed by atoms with Crippen LogP contribution in [0.5, 0.6) is 0 Å². The van der Waals surface area contributed by atoms with Crippen molar-refractivity contribution in [3.63, 3.8) is 0 Å². The molecule has 0 aliphatic rings. The number of nitrogens with zero attached hydrogens (tertiary/aromatic N) is 3. The number of hydrogen-bond acceptors (Lipinski definition) is 4. The van der Waals surface area contributed by atoms with Gasteiger partial charge in [-0.1, -0.05) is 54.6 Å². The number of rotatable bonds is 8. The Morgan fingerprint density at radius 2 is 1.74 bits per heavy atom. The fraction of sp³-hybridized carbons (Fsp3) is 0.222. The summed E-state index contributed by atoms with van der Waals surface area (Å²) in [7, 11) is 1.59. The minimum absolute atomic E-state index is 0.152. The summed E-state index contributed by atoms with van der Waals surface area (Å²) in [6.07, 6.45) is 0. The fourth-order valence-electron chi connectivity index (χ4n) is 3.96. The molecule has 1 N–H and O–H groups in total. The van der Waals surface area contributed by atoms with E-state index in [1.807, 2.05) is 79.7 Å².